The predicted molar refractivity (Wildman–Crippen MR) is 106 cm³/mol. The summed E-state index contributed by atoms with van der Waals surface area (Å²) in [6, 6.07) is 7.43. The summed E-state index contributed by atoms with van der Waals surface area (Å²) in [4.78, 5) is 25.7. The third-order valence-corrected chi connectivity index (χ3v) is 5.32. The molecule has 4 rings (SSSR count). The predicted octanol–water partition coefficient (Wildman–Crippen LogP) is 1.79. The number of hydrogen-bond donors (Lipinski definition) is 2. The summed E-state index contributed by atoms with van der Waals surface area (Å²) in [5.41, 5.74) is 6.17. The number of rotatable bonds is 5. The molecule has 0 saturated carbocycles. The van der Waals surface area contributed by atoms with Crippen molar-refractivity contribution in [2.24, 2.45) is 11.7 Å². The van der Waals surface area contributed by atoms with Crippen LogP contribution in [0.15, 0.2) is 30.5 Å². The number of likely N-dealkylation sites (tertiary alicyclic amines) is 1. The van der Waals surface area contributed by atoms with Gasteiger partial charge in [-0.05, 0) is 30.7 Å². The van der Waals surface area contributed by atoms with Gasteiger partial charge in [0.15, 0.2) is 11.9 Å². The van der Waals surface area contributed by atoms with Gasteiger partial charge in [0.25, 0.3) is 5.91 Å². The Morgan fingerprint density at radius 1 is 1.32 bits per heavy atom. The van der Waals surface area contributed by atoms with Crippen LogP contribution in [0.2, 0.25) is 0 Å². The van der Waals surface area contributed by atoms with Crippen molar-refractivity contribution in [3.05, 3.63) is 41.8 Å². The second-order valence-corrected chi connectivity index (χ2v) is 7.45. The van der Waals surface area contributed by atoms with E-state index in [2.05, 4.69) is 16.5 Å². The van der Waals surface area contributed by atoms with Gasteiger partial charge in [-0.3, -0.25) is 9.48 Å². The number of piperidine rings is 1. The highest BCUT2D eigenvalue weighted by Gasteiger charge is 2.36. The molecule has 0 radical (unpaired) electrons. The third kappa shape index (κ3) is 4.44. The first-order valence-electron chi connectivity index (χ1n) is 9.79. The zero-order valence-electron chi connectivity index (χ0n) is 16.5. The van der Waals surface area contributed by atoms with Gasteiger partial charge < -0.3 is 25.4 Å². The van der Waals surface area contributed by atoms with E-state index in [0.29, 0.717) is 31.9 Å². The Kier molecular flexibility index (Phi) is 5.73. The number of carbonyl (C=O) groups excluding carboxylic acids is 2. The fourth-order valence-electron chi connectivity index (χ4n) is 3.55. The molecule has 31 heavy (non-hydrogen) atoms. The Bertz CT molecular complexity index is 1010. The standard InChI is InChI=1S/C20H21FN6O4/c21-13-1-3-14(4-2-13)24-19-16(18(23)28)9-27(25-19)17-5-6-26(8-12(17)7-22)20(29)31-15-10-30-11-15/h1-4,9,12,15,17H,5-6,8,10-11H2,(H2,23,28)(H,24,25). The Hall–Kier alpha value is -3.65. The molecule has 2 aliphatic rings. The minimum absolute atomic E-state index is 0.146. The van der Waals surface area contributed by atoms with Crippen LogP contribution in [-0.4, -0.2) is 59.1 Å². The molecule has 162 valence electrons. The number of nitriles is 1. The van der Waals surface area contributed by atoms with Crippen LogP contribution in [0.4, 0.5) is 20.7 Å². The molecule has 3 N–H and O–H groups in total. The molecule has 2 aromatic rings. The lowest BCUT2D eigenvalue weighted by atomic mass is 9.94. The number of amides is 2. The van der Waals surface area contributed by atoms with Crippen LogP contribution < -0.4 is 11.1 Å². The maximum atomic E-state index is 13.1. The van der Waals surface area contributed by atoms with E-state index in [9.17, 15) is 19.2 Å². The van der Waals surface area contributed by atoms with Crippen molar-refractivity contribution in [2.75, 3.05) is 31.6 Å². The lowest BCUT2D eigenvalue weighted by Crippen LogP contribution is -2.47. The molecule has 2 saturated heterocycles. The lowest BCUT2D eigenvalue weighted by Gasteiger charge is -2.36. The summed E-state index contributed by atoms with van der Waals surface area (Å²) in [6.07, 6.45) is 1.23. The van der Waals surface area contributed by atoms with E-state index >= 15 is 0 Å². The number of ether oxygens (including phenoxy) is 2. The Morgan fingerprint density at radius 2 is 2.06 bits per heavy atom. The summed E-state index contributed by atoms with van der Waals surface area (Å²) < 4.78 is 25.0. The summed E-state index contributed by atoms with van der Waals surface area (Å²) in [5.74, 6) is -1.42. The largest absolute Gasteiger partial charge is 0.441 e. The van der Waals surface area contributed by atoms with Gasteiger partial charge in [0, 0.05) is 25.0 Å². The number of nitrogens with two attached hydrogens (primary N) is 1. The van der Waals surface area contributed by atoms with Crippen molar-refractivity contribution >= 4 is 23.5 Å². The van der Waals surface area contributed by atoms with Gasteiger partial charge in [0.1, 0.15) is 11.4 Å². The summed E-state index contributed by atoms with van der Waals surface area (Å²) in [7, 11) is 0. The molecule has 1 aromatic carbocycles. The van der Waals surface area contributed by atoms with Crippen molar-refractivity contribution in [1.29, 1.82) is 5.26 Å². The monoisotopic (exact) mass is 428 g/mol. The fourth-order valence-corrected chi connectivity index (χ4v) is 3.55. The molecule has 2 fully saturated rings. The van der Waals surface area contributed by atoms with Crippen LogP contribution in [0.3, 0.4) is 0 Å². The summed E-state index contributed by atoms with van der Waals surface area (Å²) >= 11 is 0. The smallest absolute Gasteiger partial charge is 0.410 e. The zero-order valence-corrected chi connectivity index (χ0v) is 16.5. The van der Waals surface area contributed by atoms with E-state index in [-0.39, 0.29) is 30.1 Å². The topological polar surface area (TPSA) is 136 Å². The van der Waals surface area contributed by atoms with E-state index < -0.39 is 23.7 Å². The fraction of sp³-hybridized carbons (Fsp3) is 0.400. The maximum absolute atomic E-state index is 13.1. The molecule has 2 atom stereocenters. The Balaban J connectivity index is 1.50. The zero-order chi connectivity index (χ0) is 22.0. The van der Waals surface area contributed by atoms with Gasteiger partial charge in [-0.2, -0.15) is 10.4 Å². The number of anilines is 2. The third-order valence-electron chi connectivity index (χ3n) is 5.32. The van der Waals surface area contributed by atoms with Crippen LogP contribution in [0.5, 0.6) is 0 Å². The van der Waals surface area contributed by atoms with E-state index in [1.54, 1.807) is 0 Å². The molecule has 3 heterocycles. The number of carbonyl (C=O) groups is 2. The molecule has 0 aliphatic carbocycles. The van der Waals surface area contributed by atoms with E-state index in [1.807, 2.05) is 0 Å². The number of primary amides is 1. The van der Waals surface area contributed by atoms with Crippen molar-refractivity contribution in [1.82, 2.24) is 14.7 Å². The second-order valence-electron chi connectivity index (χ2n) is 7.45. The van der Waals surface area contributed by atoms with E-state index in [0.717, 1.165) is 0 Å². The molecule has 11 heteroatoms. The minimum atomic E-state index is -0.687. The quantitative estimate of drug-likeness (QED) is 0.741. The molecule has 1 aromatic heterocycles. The van der Waals surface area contributed by atoms with Gasteiger partial charge in [-0.1, -0.05) is 0 Å². The van der Waals surface area contributed by atoms with Crippen molar-refractivity contribution < 1.29 is 23.5 Å². The first-order valence-corrected chi connectivity index (χ1v) is 9.79. The second kappa shape index (κ2) is 8.61. The highest BCUT2D eigenvalue weighted by atomic mass is 19.1. The van der Waals surface area contributed by atoms with Gasteiger partial charge in [-0.25, -0.2) is 9.18 Å². The Labute approximate surface area is 177 Å². The number of nitrogens with zero attached hydrogens (tertiary/aromatic N) is 4. The van der Waals surface area contributed by atoms with E-state index in [4.69, 9.17) is 15.2 Å². The van der Waals surface area contributed by atoms with Crippen LogP contribution in [-0.2, 0) is 9.47 Å². The number of aromatic nitrogens is 2. The molecular weight excluding hydrogens is 407 g/mol. The van der Waals surface area contributed by atoms with Gasteiger partial charge >= 0.3 is 6.09 Å². The lowest BCUT2D eigenvalue weighted by molar-refractivity contribution is -0.106. The molecule has 2 amide bonds. The van der Waals surface area contributed by atoms with Crippen LogP contribution in [0, 0.1) is 23.1 Å². The molecule has 0 spiro atoms. The normalized spacial score (nSPS) is 21.1. The molecule has 2 aliphatic heterocycles. The average Bonchev–Trinajstić information content (AvgIpc) is 3.15. The number of nitrogens with one attached hydrogen (secondary N) is 1. The summed E-state index contributed by atoms with van der Waals surface area (Å²) in [5, 5.41) is 17.1. The number of halogens is 1. The SMILES string of the molecule is N#CC1CN(C(=O)OC2COC2)CCC1n1cc(C(N)=O)c(Nc2ccc(F)cc2)n1. The first kappa shape index (κ1) is 20.6. The molecule has 10 nitrogen and oxygen atoms in total. The van der Waals surface area contributed by atoms with E-state index in [1.165, 1.54) is 40.0 Å². The maximum Gasteiger partial charge on any atom is 0.410 e. The Morgan fingerprint density at radius 3 is 2.68 bits per heavy atom. The summed E-state index contributed by atoms with van der Waals surface area (Å²) in [6.45, 7) is 1.33. The number of hydrogen-bond acceptors (Lipinski definition) is 7. The van der Waals surface area contributed by atoms with Gasteiger partial charge in [-0.15, -0.1) is 0 Å². The molecule has 0 bridgehead atoms. The number of benzene rings is 1. The van der Waals surface area contributed by atoms with Gasteiger partial charge in [0.05, 0.1) is 31.2 Å². The molecule has 2 unspecified atom stereocenters. The van der Waals surface area contributed by atoms with Crippen LogP contribution in [0.25, 0.3) is 0 Å². The highest BCUT2D eigenvalue weighted by molar-refractivity contribution is 5.98. The van der Waals surface area contributed by atoms with Crippen LogP contribution in [0.1, 0.15) is 22.8 Å². The van der Waals surface area contributed by atoms with Crippen molar-refractivity contribution in [3.63, 3.8) is 0 Å². The van der Waals surface area contributed by atoms with Crippen molar-refractivity contribution in [3.8, 4) is 6.07 Å². The van der Waals surface area contributed by atoms with Crippen molar-refractivity contribution in [2.45, 2.75) is 18.6 Å². The minimum Gasteiger partial charge on any atom is -0.441 e. The first-order chi connectivity index (χ1) is 14.9. The molecular formula is C20H21FN6O4. The highest BCUT2D eigenvalue weighted by Crippen LogP contribution is 2.30. The van der Waals surface area contributed by atoms with Gasteiger partial charge in [0.2, 0.25) is 0 Å². The average molecular weight is 428 g/mol. The van der Waals surface area contributed by atoms with Crippen LogP contribution >= 0.6 is 0 Å².